The van der Waals surface area contributed by atoms with Crippen molar-refractivity contribution in [3.8, 4) is 17.0 Å². The lowest BCUT2D eigenvalue weighted by Gasteiger charge is -2.10. The van der Waals surface area contributed by atoms with Gasteiger partial charge in [-0.2, -0.15) is 0 Å². The van der Waals surface area contributed by atoms with Gasteiger partial charge in [-0.05, 0) is 12.1 Å². The van der Waals surface area contributed by atoms with E-state index in [1.807, 2.05) is 0 Å². The van der Waals surface area contributed by atoms with Crippen LogP contribution in [-0.4, -0.2) is 24.8 Å². The van der Waals surface area contributed by atoms with Gasteiger partial charge in [-0.3, -0.25) is 4.79 Å². The molecule has 5 nitrogen and oxygen atoms in total. The van der Waals surface area contributed by atoms with Gasteiger partial charge in [-0.25, -0.2) is 8.42 Å². The molecule has 0 amide bonds. The van der Waals surface area contributed by atoms with Gasteiger partial charge in [0.25, 0.3) is 0 Å². The number of hydrogen-bond acceptors (Lipinski definition) is 4. The highest BCUT2D eigenvalue weighted by Gasteiger charge is 2.16. The number of pyridine rings is 1. The lowest BCUT2D eigenvalue weighted by molar-refractivity contribution is 0.475. The van der Waals surface area contributed by atoms with Gasteiger partial charge in [0.15, 0.2) is 15.3 Å². The van der Waals surface area contributed by atoms with Crippen molar-refractivity contribution in [2.45, 2.75) is 4.90 Å². The monoisotopic (exact) mass is 289 g/mol. The molecule has 0 saturated carbocycles. The fraction of sp³-hybridized carbons (Fsp3) is 0.0714. The molecule has 1 aliphatic carbocycles. The number of H-pyrrole nitrogens is 1. The Labute approximate surface area is 114 Å². The number of sulfone groups is 1. The van der Waals surface area contributed by atoms with Crippen molar-refractivity contribution >= 4 is 20.7 Å². The summed E-state index contributed by atoms with van der Waals surface area (Å²) in [5, 5.41) is 10.1. The highest BCUT2D eigenvalue weighted by atomic mass is 32.2. The van der Waals surface area contributed by atoms with Crippen LogP contribution < -0.4 is 5.43 Å². The Morgan fingerprint density at radius 2 is 1.90 bits per heavy atom. The predicted molar refractivity (Wildman–Crippen MR) is 76.0 cm³/mol. The minimum absolute atomic E-state index is 0.157. The SMILES string of the molecule is CS(=O)(=O)c1cccc2cc3c(=O)cc(O)cc-3[nH]c12. The molecule has 0 atom stereocenters. The number of aromatic hydroxyl groups is 1. The fourth-order valence-electron chi connectivity index (χ4n) is 2.27. The number of aromatic nitrogens is 1. The van der Waals surface area contributed by atoms with Gasteiger partial charge >= 0.3 is 0 Å². The van der Waals surface area contributed by atoms with Crippen molar-refractivity contribution in [3.05, 3.63) is 46.6 Å². The first-order chi connectivity index (χ1) is 9.36. The zero-order valence-corrected chi connectivity index (χ0v) is 11.4. The summed E-state index contributed by atoms with van der Waals surface area (Å²) in [6.45, 7) is 0. The van der Waals surface area contributed by atoms with Gasteiger partial charge in [-0.15, -0.1) is 0 Å². The molecule has 0 spiro atoms. The molecule has 102 valence electrons. The molecule has 0 radical (unpaired) electrons. The minimum atomic E-state index is -3.39. The largest absolute Gasteiger partial charge is 0.508 e. The summed E-state index contributed by atoms with van der Waals surface area (Å²) < 4.78 is 23.6. The quantitative estimate of drug-likeness (QED) is 0.668. The van der Waals surface area contributed by atoms with Crippen LogP contribution in [0.4, 0.5) is 0 Å². The molecule has 1 heterocycles. The van der Waals surface area contributed by atoms with Crippen LogP contribution in [0.5, 0.6) is 5.75 Å². The third-order valence-corrected chi connectivity index (χ3v) is 4.28. The zero-order valence-electron chi connectivity index (χ0n) is 10.5. The lowest BCUT2D eigenvalue weighted by atomic mass is 10.1. The number of phenols is 1. The average Bonchev–Trinajstić information content (AvgIpc) is 2.34. The Hall–Kier alpha value is -2.34. The number of aromatic amines is 1. The van der Waals surface area contributed by atoms with E-state index in [2.05, 4.69) is 4.98 Å². The van der Waals surface area contributed by atoms with E-state index >= 15 is 0 Å². The molecular formula is C14H11NO4S. The molecule has 0 bridgehead atoms. The van der Waals surface area contributed by atoms with E-state index in [1.54, 1.807) is 18.2 Å². The summed E-state index contributed by atoms with van der Waals surface area (Å²) >= 11 is 0. The third kappa shape index (κ3) is 1.94. The third-order valence-electron chi connectivity index (χ3n) is 3.14. The number of phenolic OH excluding ortho intramolecular Hbond substituents is 1. The van der Waals surface area contributed by atoms with Crippen LogP contribution in [0.2, 0.25) is 0 Å². The molecule has 2 aliphatic rings. The van der Waals surface area contributed by atoms with Crippen molar-refractivity contribution in [3.63, 3.8) is 0 Å². The fourth-order valence-corrected chi connectivity index (χ4v) is 3.13. The molecule has 0 fully saturated rings. The highest BCUT2D eigenvalue weighted by molar-refractivity contribution is 7.91. The van der Waals surface area contributed by atoms with Crippen molar-refractivity contribution in [2.75, 3.05) is 6.26 Å². The number of nitrogens with one attached hydrogen (secondary N) is 1. The molecule has 1 aromatic rings. The summed E-state index contributed by atoms with van der Waals surface area (Å²) in [5.41, 5.74) is 0.912. The second-order valence-corrected chi connectivity index (χ2v) is 6.65. The van der Waals surface area contributed by atoms with E-state index in [0.717, 1.165) is 12.3 Å². The Balaban J connectivity index is 2.53. The van der Waals surface area contributed by atoms with Crippen molar-refractivity contribution < 1.29 is 13.5 Å². The van der Waals surface area contributed by atoms with Crippen LogP contribution in [0.1, 0.15) is 0 Å². The average molecular weight is 289 g/mol. The molecule has 6 heteroatoms. The summed E-state index contributed by atoms with van der Waals surface area (Å²) in [6.07, 6.45) is 1.13. The van der Waals surface area contributed by atoms with Crippen molar-refractivity contribution in [1.82, 2.24) is 4.98 Å². The lowest BCUT2D eigenvalue weighted by Crippen LogP contribution is -2.07. The first kappa shape index (κ1) is 12.7. The standard InChI is InChI=1S/C14H11NO4S/c1-20(18,19)13-4-2-3-8-5-10-11(15-14(8)13)6-9(16)7-12(10)17/h2-7,15-16H,1H3. The van der Waals surface area contributed by atoms with Crippen LogP contribution >= 0.6 is 0 Å². The van der Waals surface area contributed by atoms with Gasteiger partial charge in [0.05, 0.1) is 16.1 Å². The number of hydrogen-bond donors (Lipinski definition) is 2. The van der Waals surface area contributed by atoms with Crippen LogP contribution in [0.25, 0.3) is 22.2 Å². The first-order valence-corrected chi connectivity index (χ1v) is 7.74. The maximum atomic E-state index is 11.8. The normalized spacial score (nSPS) is 12.1. The van der Waals surface area contributed by atoms with Gasteiger partial charge in [-0.1, -0.05) is 12.1 Å². The van der Waals surface area contributed by atoms with E-state index in [4.69, 9.17) is 0 Å². The molecule has 1 aromatic carbocycles. The Morgan fingerprint density at radius 1 is 1.15 bits per heavy atom. The second kappa shape index (κ2) is 4.08. The first-order valence-electron chi connectivity index (χ1n) is 5.85. The maximum absolute atomic E-state index is 11.8. The Kier molecular flexibility index (Phi) is 2.58. The number of rotatable bonds is 1. The Bertz CT molecular complexity index is 957. The molecule has 1 aliphatic heterocycles. The predicted octanol–water partition coefficient (Wildman–Crippen LogP) is 1.74. The second-order valence-electron chi connectivity index (χ2n) is 4.67. The molecule has 2 N–H and O–H groups in total. The molecule has 0 saturated heterocycles. The zero-order chi connectivity index (χ0) is 14.5. The summed E-state index contributed by atoms with van der Waals surface area (Å²) in [4.78, 5) is 14.9. The number of benzene rings is 2. The Morgan fingerprint density at radius 3 is 2.60 bits per heavy atom. The minimum Gasteiger partial charge on any atom is -0.508 e. The van der Waals surface area contributed by atoms with Crippen LogP contribution in [-0.2, 0) is 9.84 Å². The van der Waals surface area contributed by atoms with E-state index in [0.29, 0.717) is 22.2 Å². The topological polar surface area (TPSA) is 87.2 Å². The van der Waals surface area contributed by atoms with Crippen molar-refractivity contribution in [1.29, 1.82) is 0 Å². The van der Waals surface area contributed by atoms with Gasteiger partial charge in [0.1, 0.15) is 5.75 Å². The van der Waals surface area contributed by atoms with Crippen LogP contribution in [0, 0.1) is 0 Å². The van der Waals surface area contributed by atoms with E-state index in [9.17, 15) is 18.3 Å². The van der Waals surface area contributed by atoms with Crippen molar-refractivity contribution in [2.24, 2.45) is 0 Å². The number of fused-ring (bicyclic) bond motifs is 2. The summed E-state index contributed by atoms with van der Waals surface area (Å²) in [6, 6.07) is 9.01. The molecule has 0 aromatic heterocycles. The summed E-state index contributed by atoms with van der Waals surface area (Å²) in [7, 11) is -3.39. The number of para-hydroxylation sites is 1. The van der Waals surface area contributed by atoms with Gasteiger partial charge in [0, 0.05) is 29.3 Å². The van der Waals surface area contributed by atoms with E-state index < -0.39 is 9.84 Å². The maximum Gasteiger partial charge on any atom is 0.191 e. The van der Waals surface area contributed by atoms with E-state index in [-0.39, 0.29) is 16.1 Å². The smallest absolute Gasteiger partial charge is 0.191 e. The summed E-state index contributed by atoms with van der Waals surface area (Å²) in [5.74, 6) is -0.157. The molecular weight excluding hydrogens is 278 g/mol. The van der Waals surface area contributed by atoms with Gasteiger partial charge < -0.3 is 10.1 Å². The molecule has 3 rings (SSSR count). The highest BCUT2D eigenvalue weighted by Crippen LogP contribution is 2.28. The molecule has 20 heavy (non-hydrogen) atoms. The van der Waals surface area contributed by atoms with E-state index in [1.165, 1.54) is 12.1 Å². The van der Waals surface area contributed by atoms with Crippen LogP contribution in [0.15, 0.2) is 46.1 Å². The van der Waals surface area contributed by atoms with Gasteiger partial charge in [0.2, 0.25) is 0 Å². The van der Waals surface area contributed by atoms with Crippen LogP contribution in [0.3, 0.4) is 0 Å². The molecule has 0 unspecified atom stereocenters.